The molecule has 4 nitrogen and oxygen atoms in total. The Kier molecular flexibility index (Phi) is 4.51. The molecule has 5 heteroatoms. The van der Waals surface area contributed by atoms with Crippen LogP contribution in [0.15, 0.2) is 45.5 Å². The van der Waals surface area contributed by atoms with Gasteiger partial charge in [0.05, 0.1) is 0 Å². The lowest BCUT2D eigenvalue weighted by Crippen LogP contribution is -2.41. The van der Waals surface area contributed by atoms with Gasteiger partial charge in [-0.3, -0.25) is 0 Å². The largest absolute Gasteiger partial charge is 0.486 e. The summed E-state index contributed by atoms with van der Waals surface area (Å²) in [5.74, 6) is 2.43. The number of furan rings is 1. The molecule has 0 amide bonds. The van der Waals surface area contributed by atoms with E-state index in [1.807, 2.05) is 36.4 Å². The van der Waals surface area contributed by atoms with Crippen molar-refractivity contribution in [3.8, 4) is 11.5 Å². The van der Waals surface area contributed by atoms with Crippen LogP contribution in [0.1, 0.15) is 25.1 Å². The first kappa shape index (κ1) is 14.5. The van der Waals surface area contributed by atoms with Gasteiger partial charge >= 0.3 is 0 Å². The van der Waals surface area contributed by atoms with Crippen LogP contribution in [0.2, 0.25) is 0 Å². The van der Waals surface area contributed by atoms with Gasteiger partial charge in [-0.15, -0.1) is 0 Å². The lowest BCUT2D eigenvalue weighted by Gasteiger charge is -2.31. The summed E-state index contributed by atoms with van der Waals surface area (Å²) in [6.07, 6.45) is 0.923. The maximum absolute atomic E-state index is 6.09. The number of para-hydroxylation sites is 2. The molecular formula is C16H18BrNO3. The van der Waals surface area contributed by atoms with Gasteiger partial charge in [-0.1, -0.05) is 19.1 Å². The Bertz CT molecular complexity index is 599. The standard InChI is InChI=1S/C16H18BrNO3/c1-2-9-18-16(13-7-8-15(17)21-13)14-10-19-11-5-3-4-6-12(11)20-14/h3-8,14,16,18H,2,9-10H2,1H3. The van der Waals surface area contributed by atoms with Crippen LogP contribution in [0.5, 0.6) is 11.5 Å². The quantitative estimate of drug-likeness (QED) is 0.886. The van der Waals surface area contributed by atoms with Gasteiger partial charge in [0.2, 0.25) is 0 Å². The van der Waals surface area contributed by atoms with E-state index in [9.17, 15) is 0 Å². The molecule has 1 aliphatic rings. The highest BCUT2D eigenvalue weighted by Crippen LogP contribution is 2.35. The number of benzene rings is 1. The third-order valence-electron chi connectivity index (χ3n) is 3.42. The summed E-state index contributed by atoms with van der Waals surface area (Å²) in [6, 6.07) is 11.6. The van der Waals surface area contributed by atoms with Crippen molar-refractivity contribution in [3.63, 3.8) is 0 Å². The maximum atomic E-state index is 6.09. The lowest BCUT2D eigenvalue weighted by molar-refractivity contribution is 0.0552. The summed E-state index contributed by atoms with van der Waals surface area (Å²) in [5, 5.41) is 3.48. The number of nitrogens with one attached hydrogen (secondary N) is 1. The maximum Gasteiger partial charge on any atom is 0.169 e. The van der Waals surface area contributed by atoms with Gasteiger partial charge in [-0.25, -0.2) is 0 Å². The number of ether oxygens (including phenoxy) is 2. The Balaban J connectivity index is 1.81. The normalized spacial score (nSPS) is 18.5. The van der Waals surface area contributed by atoms with Gasteiger partial charge in [0.15, 0.2) is 22.3 Å². The molecule has 0 fully saturated rings. The van der Waals surface area contributed by atoms with Crippen molar-refractivity contribution in [1.82, 2.24) is 5.32 Å². The molecule has 1 aromatic heterocycles. The SMILES string of the molecule is CCCNC(c1ccc(Br)o1)C1COc2ccccc2O1. The molecule has 0 spiro atoms. The van der Waals surface area contributed by atoms with Crippen molar-refractivity contribution in [2.24, 2.45) is 0 Å². The molecule has 0 aliphatic carbocycles. The van der Waals surface area contributed by atoms with Gasteiger partial charge in [0, 0.05) is 0 Å². The van der Waals surface area contributed by atoms with Gasteiger partial charge in [0.25, 0.3) is 0 Å². The van der Waals surface area contributed by atoms with Crippen molar-refractivity contribution in [3.05, 3.63) is 46.8 Å². The molecular weight excluding hydrogens is 334 g/mol. The first-order valence-corrected chi connectivity index (χ1v) is 7.94. The number of halogens is 1. The second kappa shape index (κ2) is 6.54. The molecule has 1 aliphatic heterocycles. The number of hydrogen-bond donors (Lipinski definition) is 1. The molecule has 2 aromatic rings. The molecule has 1 N–H and O–H groups in total. The zero-order valence-corrected chi connectivity index (χ0v) is 13.4. The molecule has 2 heterocycles. The minimum atomic E-state index is -0.121. The first-order chi connectivity index (χ1) is 10.3. The fraction of sp³-hybridized carbons (Fsp3) is 0.375. The zero-order valence-electron chi connectivity index (χ0n) is 11.8. The summed E-state index contributed by atoms with van der Waals surface area (Å²) >= 11 is 3.35. The Hall–Kier alpha value is -1.46. The Labute approximate surface area is 132 Å². The Morgan fingerprint density at radius 2 is 2.05 bits per heavy atom. The van der Waals surface area contributed by atoms with E-state index in [1.54, 1.807) is 0 Å². The highest BCUT2D eigenvalue weighted by Gasteiger charge is 2.31. The van der Waals surface area contributed by atoms with Crippen LogP contribution in [0.4, 0.5) is 0 Å². The topological polar surface area (TPSA) is 43.6 Å². The highest BCUT2D eigenvalue weighted by atomic mass is 79.9. The van der Waals surface area contributed by atoms with Gasteiger partial charge in [-0.05, 0) is 53.2 Å². The van der Waals surface area contributed by atoms with E-state index in [0.29, 0.717) is 6.61 Å². The molecule has 0 radical (unpaired) electrons. The van der Waals surface area contributed by atoms with Crippen LogP contribution in [0.3, 0.4) is 0 Å². The predicted molar refractivity (Wildman–Crippen MR) is 83.8 cm³/mol. The van der Waals surface area contributed by atoms with Gasteiger partial charge in [0.1, 0.15) is 18.4 Å². The number of hydrogen-bond acceptors (Lipinski definition) is 4. The van der Waals surface area contributed by atoms with Gasteiger partial charge < -0.3 is 19.2 Å². The van der Waals surface area contributed by atoms with E-state index in [1.165, 1.54) is 0 Å². The fourth-order valence-corrected chi connectivity index (χ4v) is 2.73. The van der Waals surface area contributed by atoms with Crippen molar-refractivity contribution in [2.75, 3.05) is 13.2 Å². The van der Waals surface area contributed by atoms with Crippen LogP contribution in [-0.4, -0.2) is 19.3 Å². The average Bonchev–Trinajstić information content (AvgIpc) is 2.94. The predicted octanol–water partition coefficient (Wildman–Crippen LogP) is 3.92. The number of rotatable bonds is 5. The van der Waals surface area contributed by atoms with Crippen molar-refractivity contribution >= 4 is 15.9 Å². The summed E-state index contributed by atoms with van der Waals surface area (Å²) < 4.78 is 18.3. The van der Waals surface area contributed by atoms with E-state index in [-0.39, 0.29) is 12.1 Å². The molecule has 21 heavy (non-hydrogen) atoms. The van der Waals surface area contributed by atoms with Crippen molar-refractivity contribution < 1.29 is 13.9 Å². The first-order valence-electron chi connectivity index (χ1n) is 7.15. The summed E-state index contributed by atoms with van der Waals surface area (Å²) in [4.78, 5) is 0. The third kappa shape index (κ3) is 3.24. The van der Waals surface area contributed by atoms with E-state index in [0.717, 1.165) is 34.9 Å². The highest BCUT2D eigenvalue weighted by molar-refractivity contribution is 9.10. The molecule has 0 bridgehead atoms. The summed E-state index contributed by atoms with van der Waals surface area (Å²) in [6.45, 7) is 3.52. The minimum absolute atomic E-state index is 0.0374. The molecule has 2 unspecified atom stereocenters. The second-order valence-electron chi connectivity index (χ2n) is 4.99. The Morgan fingerprint density at radius 3 is 2.76 bits per heavy atom. The fourth-order valence-electron chi connectivity index (χ4n) is 2.41. The average molecular weight is 352 g/mol. The van der Waals surface area contributed by atoms with Gasteiger partial charge in [-0.2, -0.15) is 0 Å². The number of fused-ring (bicyclic) bond motifs is 1. The molecule has 0 saturated carbocycles. The summed E-state index contributed by atoms with van der Waals surface area (Å²) in [5.41, 5.74) is 0. The smallest absolute Gasteiger partial charge is 0.169 e. The van der Waals surface area contributed by atoms with E-state index < -0.39 is 0 Å². The van der Waals surface area contributed by atoms with Crippen molar-refractivity contribution in [1.29, 1.82) is 0 Å². The van der Waals surface area contributed by atoms with Crippen LogP contribution >= 0.6 is 15.9 Å². The third-order valence-corrected chi connectivity index (χ3v) is 3.84. The lowest BCUT2D eigenvalue weighted by atomic mass is 10.1. The Morgan fingerprint density at radius 1 is 1.24 bits per heavy atom. The van der Waals surface area contributed by atoms with Crippen molar-refractivity contribution in [2.45, 2.75) is 25.5 Å². The van der Waals surface area contributed by atoms with E-state index >= 15 is 0 Å². The van der Waals surface area contributed by atoms with E-state index in [4.69, 9.17) is 13.9 Å². The van der Waals surface area contributed by atoms with Crippen LogP contribution in [0, 0.1) is 0 Å². The molecule has 1 aromatic carbocycles. The zero-order chi connectivity index (χ0) is 14.7. The monoisotopic (exact) mass is 351 g/mol. The van der Waals surface area contributed by atoms with Crippen LogP contribution < -0.4 is 14.8 Å². The molecule has 112 valence electrons. The molecule has 3 rings (SSSR count). The minimum Gasteiger partial charge on any atom is -0.486 e. The summed E-state index contributed by atoms with van der Waals surface area (Å²) in [7, 11) is 0. The van der Waals surface area contributed by atoms with Crippen LogP contribution in [-0.2, 0) is 0 Å². The second-order valence-corrected chi connectivity index (χ2v) is 5.77. The molecule has 0 saturated heterocycles. The van der Waals surface area contributed by atoms with E-state index in [2.05, 4.69) is 28.2 Å². The molecule has 2 atom stereocenters. The van der Waals surface area contributed by atoms with Crippen LogP contribution in [0.25, 0.3) is 0 Å².